The predicted octanol–water partition coefficient (Wildman–Crippen LogP) is 1.02. The number of aliphatic hydroxyl groups is 1. The number of hydrogen-bond acceptors (Lipinski definition) is 3. The number of carbonyl (C=O) groups excluding carboxylic acids is 1. The highest BCUT2D eigenvalue weighted by atomic mass is 32.2. The number of nitrogens with one attached hydrogen (secondary N) is 1. The fraction of sp³-hybridized carbons (Fsp3) is 0.900. The maximum atomic E-state index is 11.4. The lowest BCUT2D eigenvalue weighted by Gasteiger charge is -2.22. The van der Waals surface area contributed by atoms with Gasteiger partial charge in [0.05, 0.1) is 5.60 Å². The van der Waals surface area contributed by atoms with E-state index in [-0.39, 0.29) is 11.8 Å². The van der Waals surface area contributed by atoms with Crippen molar-refractivity contribution in [2.75, 3.05) is 18.1 Å². The van der Waals surface area contributed by atoms with Crippen LogP contribution < -0.4 is 5.32 Å². The molecule has 3 nitrogen and oxygen atoms in total. The molecule has 4 heteroatoms. The summed E-state index contributed by atoms with van der Waals surface area (Å²) in [5, 5.41) is 12.8. The Morgan fingerprint density at radius 2 is 2.43 bits per heavy atom. The molecular weight excluding hydrogens is 198 g/mol. The Bertz CT molecular complexity index is 202. The summed E-state index contributed by atoms with van der Waals surface area (Å²) in [6.45, 7) is 4.30. The van der Waals surface area contributed by atoms with E-state index in [1.807, 2.05) is 13.8 Å². The van der Waals surface area contributed by atoms with Gasteiger partial charge in [0, 0.05) is 18.2 Å². The van der Waals surface area contributed by atoms with E-state index in [0.717, 1.165) is 24.3 Å². The minimum Gasteiger partial charge on any atom is -0.387 e. The third-order valence-electron chi connectivity index (χ3n) is 2.73. The second-order valence-corrected chi connectivity index (χ2v) is 5.16. The van der Waals surface area contributed by atoms with Crippen molar-refractivity contribution in [3.8, 4) is 0 Å². The number of hydrogen-bond donors (Lipinski definition) is 2. The summed E-state index contributed by atoms with van der Waals surface area (Å²) in [6, 6.07) is 0. The molecule has 0 aromatic carbocycles. The zero-order valence-electron chi connectivity index (χ0n) is 8.88. The first kappa shape index (κ1) is 11.9. The molecule has 2 unspecified atom stereocenters. The van der Waals surface area contributed by atoms with Crippen LogP contribution in [0.5, 0.6) is 0 Å². The number of thioether (sulfide) groups is 1. The Hall–Kier alpha value is -0.220. The second-order valence-electron chi connectivity index (χ2n) is 4.05. The van der Waals surface area contributed by atoms with E-state index in [9.17, 15) is 9.90 Å². The Morgan fingerprint density at radius 3 is 2.93 bits per heavy atom. The zero-order chi connectivity index (χ0) is 10.6. The van der Waals surface area contributed by atoms with Crippen molar-refractivity contribution >= 4 is 17.7 Å². The lowest BCUT2D eigenvalue weighted by Crippen LogP contribution is -2.44. The van der Waals surface area contributed by atoms with Gasteiger partial charge in [-0.05, 0) is 18.6 Å². The molecule has 1 rings (SSSR count). The topological polar surface area (TPSA) is 49.3 Å². The molecular formula is C10H19NO2S. The normalized spacial score (nSPS) is 28.8. The summed E-state index contributed by atoms with van der Waals surface area (Å²) >= 11 is 1.75. The van der Waals surface area contributed by atoms with Gasteiger partial charge in [-0.15, -0.1) is 0 Å². The molecule has 0 radical (unpaired) electrons. The highest BCUT2D eigenvalue weighted by molar-refractivity contribution is 7.99. The third-order valence-corrected chi connectivity index (χ3v) is 3.97. The molecule has 14 heavy (non-hydrogen) atoms. The van der Waals surface area contributed by atoms with Crippen LogP contribution in [-0.2, 0) is 4.79 Å². The van der Waals surface area contributed by atoms with E-state index >= 15 is 0 Å². The molecule has 0 bridgehead atoms. The second kappa shape index (κ2) is 5.03. The third kappa shape index (κ3) is 3.17. The molecule has 0 spiro atoms. The van der Waals surface area contributed by atoms with Crippen molar-refractivity contribution in [3.05, 3.63) is 0 Å². The van der Waals surface area contributed by atoms with Gasteiger partial charge in [0.15, 0.2) is 0 Å². The quantitative estimate of drug-likeness (QED) is 0.739. The maximum Gasteiger partial charge on any atom is 0.222 e. The highest BCUT2D eigenvalue weighted by Gasteiger charge is 2.32. The van der Waals surface area contributed by atoms with Gasteiger partial charge in [-0.1, -0.05) is 13.8 Å². The molecule has 0 saturated carbocycles. The first-order chi connectivity index (χ1) is 6.57. The lowest BCUT2D eigenvalue weighted by atomic mass is 10.0. The fourth-order valence-electron chi connectivity index (χ4n) is 1.35. The SMILES string of the molecule is CCC(C)C(=O)NCC1(O)CCSC1. The molecule has 82 valence electrons. The van der Waals surface area contributed by atoms with Crippen LogP contribution in [0.3, 0.4) is 0 Å². The van der Waals surface area contributed by atoms with Crippen molar-refractivity contribution in [1.29, 1.82) is 0 Å². The molecule has 1 saturated heterocycles. The van der Waals surface area contributed by atoms with E-state index in [0.29, 0.717) is 6.54 Å². The van der Waals surface area contributed by atoms with Crippen LogP contribution in [0.4, 0.5) is 0 Å². The van der Waals surface area contributed by atoms with Gasteiger partial charge in [-0.3, -0.25) is 4.79 Å². The van der Waals surface area contributed by atoms with Crippen LogP contribution >= 0.6 is 11.8 Å². The molecule has 2 N–H and O–H groups in total. The van der Waals surface area contributed by atoms with Crippen LogP contribution in [-0.4, -0.2) is 34.7 Å². The van der Waals surface area contributed by atoms with E-state index in [4.69, 9.17) is 0 Å². The summed E-state index contributed by atoms with van der Waals surface area (Å²) in [4.78, 5) is 11.4. The van der Waals surface area contributed by atoms with E-state index in [1.54, 1.807) is 11.8 Å². The Kier molecular flexibility index (Phi) is 4.26. The van der Waals surface area contributed by atoms with E-state index in [1.165, 1.54) is 0 Å². The van der Waals surface area contributed by atoms with Gasteiger partial charge in [-0.2, -0.15) is 11.8 Å². The van der Waals surface area contributed by atoms with Gasteiger partial charge in [0.25, 0.3) is 0 Å². The van der Waals surface area contributed by atoms with E-state index < -0.39 is 5.60 Å². The van der Waals surface area contributed by atoms with Crippen LogP contribution in [0.1, 0.15) is 26.7 Å². The van der Waals surface area contributed by atoms with Crippen molar-refractivity contribution in [2.24, 2.45) is 5.92 Å². The van der Waals surface area contributed by atoms with Gasteiger partial charge in [0.1, 0.15) is 0 Å². The lowest BCUT2D eigenvalue weighted by molar-refractivity contribution is -0.125. The Balaban J connectivity index is 2.29. The summed E-state index contributed by atoms with van der Waals surface area (Å²) < 4.78 is 0. The number of carbonyl (C=O) groups is 1. The van der Waals surface area contributed by atoms with Crippen LogP contribution in [0.25, 0.3) is 0 Å². The molecule has 1 aliphatic rings. The van der Waals surface area contributed by atoms with Gasteiger partial charge >= 0.3 is 0 Å². The van der Waals surface area contributed by atoms with Crippen molar-refractivity contribution < 1.29 is 9.90 Å². The molecule has 2 atom stereocenters. The highest BCUT2D eigenvalue weighted by Crippen LogP contribution is 2.26. The molecule has 1 aliphatic heterocycles. The summed E-state index contributed by atoms with van der Waals surface area (Å²) in [5.74, 6) is 1.84. The smallest absolute Gasteiger partial charge is 0.222 e. The molecule has 1 fully saturated rings. The molecule has 1 heterocycles. The van der Waals surface area contributed by atoms with Gasteiger partial charge in [0.2, 0.25) is 5.91 Å². The summed E-state index contributed by atoms with van der Waals surface area (Å²) in [7, 11) is 0. The minimum atomic E-state index is -0.659. The molecule has 1 amide bonds. The number of rotatable bonds is 4. The Morgan fingerprint density at radius 1 is 1.71 bits per heavy atom. The predicted molar refractivity (Wildman–Crippen MR) is 59.4 cm³/mol. The zero-order valence-corrected chi connectivity index (χ0v) is 9.69. The van der Waals surface area contributed by atoms with Gasteiger partial charge < -0.3 is 10.4 Å². The average molecular weight is 217 g/mol. The summed E-state index contributed by atoms with van der Waals surface area (Å²) in [6.07, 6.45) is 1.64. The van der Waals surface area contributed by atoms with Crippen molar-refractivity contribution in [2.45, 2.75) is 32.3 Å². The first-order valence-electron chi connectivity index (χ1n) is 5.15. The molecule has 0 aliphatic carbocycles. The fourth-order valence-corrected chi connectivity index (χ4v) is 2.64. The monoisotopic (exact) mass is 217 g/mol. The van der Waals surface area contributed by atoms with Crippen LogP contribution in [0.15, 0.2) is 0 Å². The number of amides is 1. The van der Waals surface area contributed by atoms with E-state index in [2.05, 4.69) is 5.32 Å². The maximum absolute atomic E-state index is 11.4. The minimum absolute atomic E-state index is 0.0488. The van der Waals surface area contributed by atoms with Crippen molar-refractivity contribution in [1.82, 2.24) is 5.32 Å². The first-order valence-corrected chi connectivity index (χ1v) is 6.31. The van der Waals surface area contributed by atoms with Crippen molar-refractivity contribution in [3.63, 3.8) is 0 Å². The summed E-state index contributed by atoms with van der Waals surface area (Å²) in [5.41, 5.74) is -0.659. The average Bonchev–Trinajstić information content (AvgIpc) is 2.61. The Labute approximate surface area is 89.6 Å². The standard InChI is InChI=1S/C10H19NO2S/c1-3-8(2)9(12)11-6-10(13)4-5-14-7-10/h8,13H,3-7H2,1-2H3,(H,11,12). The molecule has 0 aromatic rings. The largest absolute Gasteiger partial charge is 0.387 e. The van der Waals surface area contributed by atoms with Crippen LogP contribution in [0.2, 0.25) is 0 Å². The molecule has 0 aromatic heterocycles. The van der Waals surface area contributed by atoms with Crippen LogP contribution in [0, 0.1) is 5.92 Å². The van der Waals surface area contributed by atoms with Gasteiger partial charge in [-0.25, -0.2) is 0 Å².